The van der Waals surface area contributed by atoms with Crippen molar-refractivity contribution in [1.29, 1.82) is 0 Å². The zero-order valence-electron chi connectivity index (χ0n) is 16.6. The first-order valence-corrected chi connectivity index (χ1v) is 9.62. The lowest BCUT2D eigenvalue weighted by atomic mass is 9.74. The normalized spacial score (nSPS) is 21.1. The Hall–Kier alpha value is -2.73. The molecule has 0 radical (unpaired) electrons. The van der Waals surface area contributed by atoms with Gasteiger partial charge in [0.2, 0.25) is 11.8 Å². The van der Waals surface area contributed by atoms with Crippen LogP contribution in [0.3, 0.4) is 0 Å². The van der Waals surface area contributed by atoms with Gasteiger partial charge in [0.05, 0.1) is 18.7 Å². The third-order valence-corrected chi connectivity index (χ3v) is 5.63. The molecule has 28 heavy (non-hydrogen) atoms. The number of benzene rings is 1. The summed E-state index contributed by atoms with van der Waals surface area (Å²) in [5, 5.41) is 9.94. The Morgan fingerprint density at radius 2 is 1.68 bits per heavy atom. The minimum absolute atomic E-state index is 0.00524. The van der Waals surface area contributed by atoms with E-state index in [0.29, 0.717) is 13.0 Å². The molecule has 0 aliphatic carbocycles. The summed E-state index contributed by atoms with van der Waals surface area (Å²) in [7, 11) is 1.74. The van der Waals surface area contributed by atoms with E-state index < -0.39 is 0 Å². The second-order valence-electron chi connectivity index (χ2n) is 7.26. The molecule has 0 unspecified atom stereocenters. The number of likely N-dealkylation sites (N-methyl/N-ethyl adjacent to an activating group) is 1. The molecular weight excluding hydrogens is 354 g/mol. The highest BCUT2D eigenvalue weighted by molar-refractivity contribution is 5.79. The maximum absolute atomic E-state index is 12.4. The highest BCUT2D eigenvalue weighted by Gasteiger charge is 2.50. The summed E-state index contributed by atoms with van der Waals surface area (Å²) < 4.78 is 0. The Morgan fingerprint density at radius 3 is 2.21 bits per heavy atom. The summed E-state index contributed by atoms with van der Waals surface area (Å²) in [6.07, 6.45) is 3.90. The van der Waals surface area contributed by atoms with E-state index in [-0.39, 0.29) is 36.4 Å². The highest BCUT2D eigenvalue weighted by Crippen LogP contribution is 2.41. The van der Waals surface area contributed by atoms with Crippen molar-refractivity contribution in [3.05, 3.63) is 54.4 Å². The number of aliphatic hydroxyl groups excluding tert-OH is 1. The van der Waals surface area contributed by atoms with Gasteiger partial charge in [0.25, 0.3) is 0 Å². The Labute approximate surface area is 165 Å². The van der Waals surface area contributed by atoms with Crippen LogP contribution in [0, 0.1) is 0 Å². The Kier molecular flexibility index (Phi) is 6.09. The zero-order valence-corrected chi connectivity index (χ0v) is 16.6. The lowest BCUT2D eigenvalue weighted by molar-refractivity contribution is -0.153. The molecule has 6 heteroatoms. The molecule has 3 atom stereocenters. The molecule has 1 fully saturated rings. The SMILES string of the molecule is CCC(=O)N1[C@H](CO)[C@H](c2ccc(-c3ccncc3)cc2)[C@@H]1CN(C)C(C)=O. The van der Waals surface area contributed by atoms with Gasteiger partial charge in [0.15, 0.2) is 0 Å². The Bertz CT molecular complexity index is 823. The average molecular weight is 381 g/mol. The Morgan fingerprint density at radius 1 is 1.07 bits per heavy atom. The van der Waals surface area contributed by atoms with Crippen LogP contribution in [0.4, 0.5) is 0 Å². The van der Waals surface area contributed by atoms with Gasteiger partial charge in [0.1, 0.15) is 0 Å². The predicted octanol–water partition coefficient (Wildman–Crippen LogP) is 2.29. The predicted molar refractivity (Wildman–Crippen MR) is 108 cm³/mol. The van der Waals surface area contributed by atoms with E-state index in [4.69, 9.17) is 0 Å². The van der Waals surface area contributed by atoms with E-state index in [1.165, 1.54) is 6.92 Å². The van der Waals surface area contributed by atoms with Crippen LogP contribution in [0.5, 0.6) is 0 Å². The minimum Gasteiger partial charge on any atom is -0.394 e. The highest BCUT2D eigenvalue weighted by atomic mass is 16.3. The number of aromatic nitrogens is 1. The largest absolute Gasteiger partial charge is 0.394 e. The fraction of sp³-hybridized carbons (Fsp3) is 0.409. The van der Waals surface area contributed by atoms with Gasteiger partial charge in [-0.1, -0.05) is 31.2 Å². The monoisotopic (exact) mass is 381 g/mol. The summed E-state index contributed by atoms with van der Waals surface area (Å²) in [6.45, 7) is 3.70. The lowest BCUT2D eigenvalue weighted by Gasteiger charge is -2.55. The van der Waals surface area contributed by atoms with Gasteiger partial charge in [-0.15, -0.1) is 0 Å². The number of carbonyl (C=O) groups excluding carboxylic acids is 2. The van der Waals surface area contributed by atoms with Crippen LogP contribution in [-0.4, -0.2) is 64.0 Å². The number of likely N-dealkylation sites (tertiary alicyclic amines) is 1. The molecule has 2 aromatic rings. The van der Waals surface area contributed by atoms with Gasteiger partial charge in [-0.3, -0.25) is 14.6 Å². The quantitative estimate of drug-likeness (QED) is 0.833. The van der Waals surface area contributed by atoms with Gasteiger partial charge in [-0.05, 0) is 28.8 Å². The summed E-state index contributed by atoms with van der Waals surface area (Å²) in [4.78, 5) is 31.6. The van der Waals surface area contributed by atoms with Gasteiger partial charge < -0.3 is 14.9 Å². The van der Waals surface area contributed by atoms with E-state index in [0.717, 1.165) is 16.7 Å². The van der Waals surface area contributed by atoms with Gasteiger partial charge in [-0.25, -0.2) is 0 Å². The number of nitrogens with zero attached hydrogens (tertiary/aromatic N) is 3. The second-order valence-corrected chi connectivity index (χ2v) is 7.26. The topological polar surface area (TPSA) is 73.7 Å². The van der Waals surface area contributed by atoms with Crippen molar-refractivity contribution < 1.29 is 14.7 Å². The molecule has 2 heterocycles. The van der Waals surface area contributed by atoms with E-state index in [1.54, 1.807) is 29.2 Å². The van der Waals surface area contributed by atoms with Crippen molar-refractivity contribution in [2.75, 3.05) is 20.2 Å². The molecule has 1 saturated heterocycles. The molecule has 0 bridgehead atoms. The third-order valence-electron chi connectivity index (χ3n) is 5.63. The number of aliphatic hydroxyl groups is 1. The van der Waals surface area contributed by atoms with E-state index in [1.807, 2.05) is 19.1 Å². The molecule has 3 rings (SSSR count). The van der Waals surface area contributed by atoms with Gasteiger partial charge >= 0.3 is 0 Å². The number of pyridine rings is 1. The summed E-state index contributed by atoms with van der Waals surface area (Å²) in [5.74, 6) is -0.0393. The van der Waals surface area contributed by atoms with Crippen LogP contribution in [-0.2, 0) is 9.59 Å². The van der Waals surface area contributed by atoms with E-state index >= 15 is 0 Å². The van der Waals surface area contributed by atoms with Gasteiger partial charge in [0, 0.05) is 45.2 Å². The molecule has 1 aromatic carbocycles. The lowest BCUT2D eigenvalue weighted by Crippen LogP contribution is -2.68. The van der Waals surface area contributed by atoms with Crippen molar-refractivity contribution in [2.24, 2.45) is 0 Å². The number of amides is 2. The second kappa shape index (κ2) is 8.52. The summed E-state index contributed by atoms with van der Waals surface area (Å²) in [5.41, 5.74) is 3.24. The molecule has 1 aliphatic heterocycles. The van der Waals surface area contributed by atoms with E-state index in [9.17, 15) is 14.7 Å². The molecule has 6 nitrogen and oxygen atoms in total. The fourth-order valence-corrected chi connectivity index (χ4v) is 4.00. The zero-order chi connectivity index (χ0) is 20.3. The van der Waals surface area contributed by atoms with Crippen LogP contribution in [0.1, 0.15) is 31.7 Å². The number of hydrogen-bond acceptors (Lipinski definition) is 4. The summed E-state index contributed by atoms with van der Waals surface area (Å²) >= 11 is 0. The van der Waals surface area contributed by atoms with Crippen molar-refractivity contribution >= 4 is 11.8 Å². The first-order chi connectivity index (χ1) is 13.5. The van der Waals surface area contributed by atoms with Crippen molar-refractivity contribution in [3.63, 3.8) is 0 Å². The van der Waals surface area contributed by atoms with Crippen molar-refractivity contribution in [2.45, 2.75) is 38.3 Å². The molecule has 2 amide bonds. The van der Waals surface area contributed by atoms with Crippen LogP contribution in [0.15, 0.2) is 48.8 Å². The van der Waals surface area contributed by atoms with Crippen LogP contribution < -0.4 is 0 Å². The van der Waals surface area contributed by atoms with Gasteiger partial charge in [-0.2, -0.15) is 0 Å². The molecule has 1 aromatic heterocycles. The third kappa shape index (κ3) is 3.78. The van der Waals surface area contributed by atoms with Crippen LogP contribution in [0.2, 0.25) is 0 Å². The smallest absolute Gasteiger partial charge is 0.222 e. The minimum atomic E-state index is -0.260. The fourth-order valence-electron chi connectivity index (χ4n) is 4.00. The van der Waals surface area contributed by atoms with Crippen LogP contribution in [0.25, 0.3) is 11.1 Å². The maximum Gasteiger partial charge on any atom is 0.222 e. The number of hydrogen-bond donors (Lipinski definition) is 1. The number of rotatable bonds is 6. The maximum atomic E-state index is 12.4. The molecule has 0 saturated carbocycles. The first kappa shape index (κ1) is 20.0. The molecular formula is C22H27N3O3. The first-order valence-electron chi connectivity index (χ1n) is 9.62. The molecule has 148 valence electrons. The van der Waals surface area contributed by atoms with Crippen molar-refractivity contribution in [3.8, 4) is 11.1 Å². The van der Waals surface area contributed by atoms with Crippen molar-refractivity contribution in [1.82, 2.24) is 14.8 Å². The average Bonchev–Trinajstić information content (AvgIpc) is 2.71. The number of carbonyl (C=O) groups is 2. The molecule has 1 N–H and O–H groups in total. The van der Waals surface area contributed by atoms with E-state index in [2.05, 4.69) is 29.2 Å². The Balaban J connectivity index is 1.88. The molecule has 1 aliphatic rings. The molecule has 0 spiro atoms. The standard InChI is InChI=1S/C22H27N3O3/c1-4-21(28)25-19(13-24(3)15(2)27)22(20(25)14-26)18-7-5-16(6-8-18)17-9-11-23-12-10-17/h5-12,19-20,22,26H,4,13-14H2,1-3H3/t19-,20+,22+/m0/s1. The summed E-state index contributed by atoms with van der Waals surface area (Å²) in [6, 6.07) is 11.7. The van der Waals surface area contributed by atoms with Crippen LogP contribution >= 0.6 is 0 Å².